The van der Waals surface area contributed by atoms with Crippen LogP contribution in [0.4, 0.5) is 0 Å². The quantitative estimate of drug-likeness (QED) is 0.763. The van der Waals surface area contributed by atoms with Crippen LogP contribution in [0.5, 0.6) is 0 Å². The van der Waals surface area contributed by atoms with Crippen molar-refractivity contribution in [2.45, 2.75) is 32.1 Å². The molecule has 13 heavy (non-hydrogen) atoms. The molecular weight excluding hydrogens is 251 g/mol. The summed E-state index contributed by atoms with van der Waals surface area (Å²) in [5, 5.41) is 0.550. The van der Waals surface area contributed by atoms with E-state index in [4.69, 9.17) is 11.6 Å². The molecule has 0 unspecified atom stereocenters. The number of hydrogen-bond donors (Lipinski definition) is 0. The standard InChI is InChI=1S/C9H10BrClN2/c1-2-6-12-8(5-3-4-5)7(10)9(11)13-6/h5H,2-4H2,1H3. The molecular formula is C9H10BrClN2. The summed E-state index contributed by atoms with van der Waals surface area (Å²) in [6, 6.07) is 0. The van der Waals surface area contributed by atoms with Gasteiger partial charge in [-0.3, -0.25) is 0 Å². The molecule has 2 rings (SSSR count). The fourth-order valence-electron chi connectivity index (χ4n) is 1.27. The Morgan fingerprint density at radius 1 is 1.46 bits per heavy atom. The summed E-state index contributed by atoms with van der Waals surface area (Å²) in [4.78, 5) is 8.64. The van der Waals surface area contributed by atoms with Crippen LogP contribution in [0.15, 0.2) is 4.47 Å². The largest absolute Gasteiger partial charge is 0.236 e. The van der Waals surface area contributed by atoms with Crippen LogP contribution in [0.3, 0.4) is 0 Å². The Bertz CT molecular complexity index is 337. The summed E-state index contributed by atoms with van der Waals surface area (Å²) >= 11 is 9.40. The van der Waals surface area contributed by atoms with E-state index in [-0.39, 0.29) is 0 Å². The molecule has 1 aliphatic carbocycles. The first-order valence-electron chi connectivity index (χ1n) is 4.44. The summed E-state index contributed by atoms with van der Waals surface area (Å²) in [5.74, 6) is 1.45. The van der Waals surface area contributed by atoms with Crippen LogP contribution in [-0.4, -0.2) is 9.97 Å². The molecule has 0 N–H and O–H groups in total. The van der Waals surface area contributed by atoms with Gasteiger partial charge in [0, 0.05) is 12.3 Å². The van der Waals surface area contributed by atoms with Gasteiger partial charge in [-0.25, -0.2) is 9.97 Å². The maximum Gasteiger partial charge on any atom is 0.147 e. The molecule has 70 valence electrons. The minimum absolute atomic E-state index is 0.550. The van der Waals surface area contributed by atoms with E-state index in [2.05, 4.69) is 25.9 Å². The minimum Gasteiger partial charge on any atom is -0.236 e. The molecule has 0 aromatic carbocycles. The summed E-state index contributed by atoms with van der Waals surface area (Å²) in [5.41, 5.74) is 1.09. The highest BCUT2D eigenvalue weighted by atomic mass is 79.9. The number of halogens is 2. The van der Waals surface area contributed by atoms with Crippen LogP contribution in [0, 0.1) is 0 Å². The van der Waals surface area contributed by atoms with E-state index in [0.717, 1.165) is 22.4 Å². The normalized spacial score (nSPS) is 16.2. The van der Waals surface area contributed by atoms with E-state index >= 15 is 0 Å². The van der Waals surface area contributed by atoms with Crippen molar-refractivity contribution in [3.8, 4) is 0 Å². The molecule has 0 bridgehead atoms. The summed E-state index contributed by atoms with van der Waals surface area (Å²) in [6.07, 6.45) is 3.30. The SMILES string of the molecule is CCc1nc(Cl)c(Br)c(C2CC2)n1. The monoisotopic (exact) mass is 260 g/mol. The van der Waals surface area contributed by atoms with E-state index < -0.39 is 0 Å². The Balaban J connectivity index is 2.46. The van der Waals surface area contributed by atoms with Crippen molar-refractivity contribution in [3.05, 3.63) is 21.1 Å². The van der Waals surface area contributed by atoms with Crippen molar-refractivity contribution in [3.63, 3.8) is 0 Å². The third-order valence-electron chi connectivity index (χ3n) is 2.16. The predicted molar refractivity (Wildman–Crippen MR) is 56.1 cm³/mol. The molecule has 1 aliphatic rings. The fourth-order valence-corrected chi connectivity index (χ4v) is 1.96. The van der Waals surface area contributed by atoms with Gasteiger partial charge in [0.2, 0.25) is 0 Å². The molecule has 0 radical (unpaired) electrons. The average Bonchev–Trinajstić information content (AvgIpc) is 2.92. The van der Waals surface area contributed by atoms with E-state index in [1.807, 2.05) is 6.92 Å². The van der Waals surface area contributed by atoms with Gasteiger partial charge in [-0.15, -0.1) is 0 Å². The van der Waals surface area contributed by atoms with Crippen LogP contribution in [0.25, 0.3) is 0 Å². The van der Waals surface area contributed by atoms with Gasteiger partial charge in [0.25, 0.3) is 0 Å². The van der Waals surface area contributed by atoms with Gasteiger partial charge in [-0.1, -0.05) is 18.5 Å². The zero-order valence-electron chi connectivity index (χ0n) is 7.35. The highest BCUT2D eigenvalue weighted by molar-refractivity contribution is 9.10. The summed E-state index contributed by atoms with van der Waals surface area (Å²) < 4.78 is 0.883. The van der Waals surface area contributed by atoms with Crippen LogP contribution in [0.2, 0.25) is 5.15 Å². The van der Waals surface area contributed by atoms with E-state index in [1.165, 1.54) is 12.8 Å². The Morgan fingerprint density at radius 2 is 2.15 bits per heavy atom. The molecule has 2 nitrogen and oxygen atoms in total. The molecule has 4 heteroatoms. The van der Waals surface area contributed by atoms with Crippen molar-refractivity contribution in [2.75, 3.05) is 0 Å². The van der Waals surface area contributed by atoms with Crippen molar-refractivity contribution < 1.29 is 0 Å². The summed E-state index contributed by atoms with van der Waals surface area (Å²) in [7, 11) is 0. The molecule has 0 saturated heterocycles. The molecule has 0 spiro atoms. The number of nitrogens with zero attached hydrogens (tertiary/aromatic N) is 2. The lowest BCUT2D eigenvalue weighted by Gasteiger charge is -2.05. The Morgan fingerprint density at radius 3 is 2.69 bits per heavy atom. The van der Waals surface area contributed by atoms with Crippen LogP contribution in [0.1, 0.15) is 37.2 Å². The zero-order valence-corrected chi connectivity index (χ0v) is 9.69. The first-order valence-corrected chi connectivity index (χ1v) is 5.61. The average molecular weight is 262 g/mol. The fraction of sp³-hybridized carbons (Fsp3) is 0.556. The van der Waals surface area contributed by atoms with Gasteiger partial charge in [-0.05, 0) is 28.8 Å². The first kappa shape index (κ1) is 9.41. The molecule has 0 atom stereocenters. The Labute approximate surface area is 90.9 Å². The van der Waals surface area contributed by atoms with Crippen molar-refractivity contribution in [1.29, 1.82) is 0 Å². The van der Waals surface area contributed by atoms with Crippen LogP contribution < -0.4 is 0 Å². The Kier molecular flexibility index (Phi) is 2.56. The molecule has 1 fully saturated rings. The third kappa shape index (κ3) is 1.86. The smallest absolute Gasteiger partial charge is 0.147 e. The van der Waals surface area contributed by atoms with Crippen molar-refractivity contribution >= 4 is 27.5 Å². The van der Waals surface area contributed by atoms with Gasteiger partial charge in [0.05, 0.1) is 10.2 Å². The highest BCUT2D eigenvalue weighted by Gasteiger charge is 2.28. The second-order valence-electron chi connectivity index (χ2n) is 3.26. The minimum atomic E-state index is 0.550. The van der Waals surface area contributed by atoms with E-state index in [0.29, 0.717) is 11.1 Å². The molecule has 1 aromatic rings. The van der Waals surface area contributed by atoms with Gasteiger partial charge in [-0.2, -0.15) is 0 Å². The maximum atomic E-state index is 5.97. The van der Waals surface area contributed by atoms with Crippen LogP contribution >= 0.6 is 27.5 Å². The van der Waals surface area contributed by atoms with Gasteiger partial charge < -0.3 is 0 Å². The van der Waals surface area contributed by atoms with Gasteiger partial charge in [0.1, 0.15) is 11.0 Å². The predicted octanol–water partition coefficient (Wildman–Crippen LogP) is 3.33. The third-order valence-corrected chi connectivity index (χ3v) is 3.45. The molecule has 1 saturated carbocycles. The lowest BCUT2D eigenvalue weighted by molar-refractivity contribution is 0.874. The number of rotatable bonds is 2. The highest BCUT2D eigenvalue weighted by Crippen LogP contribution is 2.43. The summed E-state index contributed by atoms with van der Waals surface area (Å²) in [6.45, 7) is 2.04. The molecule has 1 aromatic heterocycles. The van der Waals surface area contributed by atoms with Crippen LogP contribution in [-0.2, 0) is 6.42 Å². The first-order chi connectivity index (χ1) is 6.22. The Hall–Kier alpha value is -0.150. The van der Waals surface area contributed by atoms with Crippen molar-refractivity contribution in [2.24, 2.45) is 0 Å². The zero-order chi connectivity index (χ0) is 9.42. The van der Waals surface area contributed by atoms with E-state index in [9.17, 15) is 0 Å². The molecule has 1 heterocycles. The second kappa shape index (κ2) is 3.54. The molecule has 0 aliphatic heterocycles. The topological polar surface area (TPSA) is 25.8 Å². The van der Waals surface area contributed by atoms with E-state index in [1.54, 1.807) is 0 Å². The lowest BCUT2D eigenvalue weighted by atomic mass is 10.3. The molecule has 0 amide bonds. The van der Waals surface area contributed by atoms with Gasteiger partial charge in [0.15, 0.2) is 0 Å². The number of aryl methyl sites for hydroxylation is 1. The lowest BCUT2D eigenvalue weighted by Crippen LogP contribution is -1.99. The number of aromatic nitrogens is 2. The maximum absolute atomic E-state index is 5.97. The van der Waals surface area contributed by atoms with Gasteiger partial charge >= 0.3 is 0 Å². The second-order valence-corrected chi connectivity index (χ2v) is 4.41. The van der Waals surface area contributed by atoms with Crippen molar-refractivity contribution in [1.82, 2.24) is 9.97 Å². The number of hydrogen-bond acceptors (Lipinski definition) is 2.